The van der Waals surface area contributed by atoms with Gasteiger partial charge in [-0.05, 0) is 24.6 Å². The molecule has 0 fully saturated rings. The number of hydrogen-bond acceptors (Lipinski definition) is 3. The van der Waals surface area contributed by atoms with Crippen molar-refractivity contribution < 1.29 is 14.2 Å². The van der Waals surface area contributed by atoms with Crippen molar-refractivity contribution in [3.63, 3.8) is 0 Å². The number of aliphatic hydroxyl groups is 1. The number of benzene rings is 1. The molecule has 78 valence electrons. The Bertz CT molecular complexity index is 328. The third-order valence-corrected chi connectivity index (χ3v) is 2.09. The average molecular weight is 199 g/mol. The van der Waals surface area contributed by atoms with Crippen molar-refractivity contribution in [2.24, 2.45) is 5.73 Å². The fraction of sp³-hybridized carbons (Fsp3) is 0.400. The summed E-state index contributed by atoms with van der Waals surface area (Å²) in [5.74, 6) is 0.0927. The zero-order chi connectivity index (χ0) is 10.7. The maximum absolute atomic E-state index is 13.2. The number of rotatable bonds is 3. The molecule has 0 heterocycles. The second-order valence-electron chi connectivity index (χ2n) is 3.09. The van der Waals surface area contributed by atoms with E-state index in [-0.39, 0.29) is 12.4 Å². The van der Waals surface area contributed by atoms with Crippen LogP contribution in [-0.2, 0) is 0 Å². The molecule has 0 saturated heterocycles. The predicted octanol–water partition coefficient (Wildman–Crippen LogP) is 1.13. The van der Waals surface area contributed by atoms with Crippen molar-refractivity contribution in [3.8, 4) is 5.75 Å². The minimum atomic E-state index is -0.889. The minimum absolute atomic E-state index is 0.0405. The maximum atomic E-state index is 13.2. The van der Waals surface area contributed by atoms with Crippen molar-refractivity contribution >= 4 is 0 Å². The Hall–Kier alpha value is -1.13. The summed E-state index contributed by atoms with van der Waals surface area (Å²) in [6.45, 7) is 1.68. The first kappa shape index (κ1) is 10.9. The van der Waals surface area contributed by atoms with E-state index >= 15 is 0 Å². The molecule has 0 radical (unpaired) electrons. The highest BCUT2D eigenvalue weighted by molar-refractivity contribution is 5.39. The molecular formula is C10H14FNO2. The third kappa shape index (κ3) is 2.02. The van der Waals surface area contributed by atoms with Gasteiger partial charge in [0.1, 0.15) is 11.6 Å². The smallest absolute Gasteiger partial charge is 0.126 e. The van der Waals surface area contributed by atoms with E-state index in [0.717, 1.165) is 0 Å². The highest BCUT2D eigenvalue weighted by Gasteiger charge is 2.14. The van der Waals surface area contributed by atoms with Crippen molar-refractivity contribution in [2.75, 3.05) is 13.7 Å². The maximum Gasteiger partial charge on any atom is 0.126 e. The number of halogens is 1. The molecule has 1 aromatic carbocycles. The number of methoxy groups -OCH3 is 1. The molecule has 0 unspecified atom stereocenters. The van der Waals surface area contributed by atoms with E-state index in [1.165, 1.54) is 13.2 Å². The molecule has 0 spiro atoms. The Morgan fingerprint density at radius 2 is 2.21 bits per heavy atom. The van der Waals surface area contributed by atoms with E-state index < -0.39 is 6.10 Å². The van der Waals surface area contributed by atoms with Gasteiger partial charge in [0.15, 0.2) is 0 Å². The lowest BCUT2D eigenvalue weighted by molar-refractivity contribution is 0.181. The highest BCUT2D eigenvalue weighted by atomic mass is 19.1. The molecule has 14 heavy (non-hydrogen) atoms. The van der Waals surface area contributed by atoms with Crippen LogP contribution >= 0.6 is 0 Å². The first-order valence-corrected chi connectivity index (χ1v) is 4.32. The van der Waals surface area contributed by atoms with Gasteiger partial charge >= 0.3 is 0 Å². The molecule has 0 aromatic heterocycles. The van der Waals surface area contributed by atoms with Crippen LogP contribution in [0.2, 0.25) is 0 Å². The second kappa shape index (κ2) is 4.39. The van der Waals surface area contributed by atoms with Gasteiger partial charge in [-0.1, -0.05) is 0 Å². The van der Waals surface area contributed by atoms with Gasteiger partial charge in [0.2, 0.25) is 0 Å². The minimum Gasteiger partial charge on any atom is -0.496 e. The van der Waals surface area contributed by atoms with E-state index in [1.807, 2.05) is 0 Å². The number of ether oxygens (including phenoxy) is 1. The van der Waals surface area contributed by atoms with E-state index in [0.29, 0.717) is 16.9 Å². The summed E-state index contributed by atoms with van der Waals surface area (Å²) in [4.78, 5) is 0. The average Bonchev–Trinajstić information content (AvgIpc) is 2.20. The molecule has 1 atom stereocenters. The van der Waals surface area contributed by atoms with Gasteiger partial charge in [-0.15, -0.1) is 0 Å². The predicted molar refractivity (Wildman–Crippen MR) is 51.7 cm³/mol. The summed E-state index contributed by atoms with van der Waals surface area (Å²) in [7, 11) is 1.47. The molecule has 0 amide bonds. The van der Waals surface area contributed by atoms with E-state index in [9.17, 15) is 9.50 Å². The first-order chi connectivity index (χ1) is 6.60. The summed E-state index contributed by atoms with van der Waals surface area (Å²) < 4.78 is 18.2. The summed E-state index contributed by atoms with van der Waals surface area (Å²) in [6, 6.07) is 2.80. The van der Waals surface area contributed by atoms with Gasteiger partial charge < -0.3 is 15.6 Å². The van der Waals surface area contributed by atoms with Crippen LogP contribution in [0.4, 0.5) is 4.39 Å². The number of aryl methyl sites for hydroxylation is 1. The normalized spacial score (nSPS) is 12.6. The Kier molecular flexibility index (Phi) is 3.43. The molecule has 3 nitrogen and oxygen atoms in total. The summed E-state index contributed by atoms with van der Waals surface area (Å²) >= 11 is 0. The topological polar surface area (TPSA) is 55.5 Å². The quantitative estimate of drug-likeness (QED) is 0.767. The molecule has 1 rings (SSSR count). The molecule has 3 N–H and O–H groups in total. The molecule has 0 saturated carbocycles. The lowest BCUT2D eigenvalue weighted by atomic mass is 10.1. The fourth-order valence-electron chi connectivity index (χ4n) is 1.23. The van der Waals surface area contributed by atoms with Crippen LogP contribution in [0, 0.1) is 12.7 Å². The van der Waals surface area contributed by atoms with Crippen molar-refractivity contribution in [3.05, 3.63) is 29.1 Å². The van der Waals surface area contributed by atoms with Crippen LogP contribution in [0.1, 0.15) is 17.2 Å². The molecule has 1 aromatic rings. The zero-order valence-electron chi connectivity index (χ0n) is 8.25. The molecule has 0 aliphatic heterocycles. The largest absolute Gasteiger partial charge is 0.496 e. The molecule has 0 bridgehead atoms. The molecule has 0 aliphatic carbocycles. The summed E-state index contributed by atoms with van der Waals surface area (Å²) in [6.07, 6.45) is -0.889. The van der Waals surface area contributed by atoms with E-state index in [1.54, 1.807) is 13.0 Å². The lowest BCUT2D eigenvalue weighted by Crippen LogP contribution is -2.13. The SMILES string of the molecule is COc1cc(C)c(F)cc1[C@@H](O)CN. The highest BCUT2D eigenvalue weighted by Crippen LogP contribution is 2.27. The third-order valence-electron chi connectivity index (χ3n) is 2.09. The first-order valence-electron chi connectivity index (χ1n) is 4.32. The lowest BCUT2D eigenvalue weighted by Gasteiger charge is -2.14. The van der Waals surface area contributed by atoms with Gasteiger partial charge in [0.05, 0.1) is 13.2 Å². The van der Waals surface area contributed by atoms with Crippen LogP contribution in [0.15, 0.2) is 12.1 Å². The Labute approximate surface area is 82.3 Å². The number of aliphatic hydroxyl groups excluding tert-OH is 1. The molecule has 0 aliphatic rings. The van der Waals surface area contributed by atoms with Gasteiger partial charge in [-0.25, -0.2) is 4.39 Å². The van der Waals surface area contributed by atoms with Crippen molar-refractivity contribution in [1.82, 2.24) is 0 Å². The van der Waals surface area contributed by atoms with Crippen molar-refractivity contribution in [2.45, 2.75) is 13.0 Å². The second-order valence-corrected chi connectivity index (χ2v) is 3.09. The number of nitrogens with two attached hydrogens (primary N) is 1. The Morgan fingerprint density at radius 1 is 1.57 bits per heavy atom. The van der Waals surface area contributed by atoms with E-state index in [2.05, 4.69) is 0 Å². The summed E-state index contributed by atoms with van der Waals surface area (Å²) in [5.41, 5.74) is 6.16. The number of hydrogen-bond donors (Lipinski definition) is 2. The summed E-state index contributed by atoms with van der Waals surface area (Å²) in [5, 5.41) is 9.48. The van der Waals surface area contributed by atoms with Crippen LogP contribution in [0.25, 0.3) is 0 Å². The van der Waals surface area contributed by atoms with Crippen LogP contribution in [0.5, 0.6) is 5.75 Å². The standard InChI is InChI=1S/C10H14FNO2/c1-6-3-10(14-2)7(4-8(6)11)9(13)5-12/h3-4,9,13H,5,12H2,1-2H3/t9-/m0/s1. The van der Waals surface area contributed by atoms with Crippen LogP contribution in [0.3, 0.4) is 0 Å². The van der Waals surface area contributed by atoms with E-state index in [4.69, 9.17) is 10.5 Å². The van der Waals surface area contributed by atoms with Gasteiger partial charge in [-0.3, -0.25) is 0 Å². The van der Waals surface area contributed by atoms with Crippen LogP contribution < -0.4 is 10.5 Å². The zero-order valence-corrected chi connectivity index (χ0v) is 8.25. The molecule has 4 heteroatoms. The molecular weight excluding hydrogens is 185 g/mol. The van der Waals surface area contributed by atoms with Gasteiger partial charge in [0.25, 0.3) is 0 Å². The van der Waals surface area contributed by atoms with Crippen LogP contribution in [-0.4, -0.2) is 18.8 Å². The Balaban J connectivity index is 3.19. The van der Waals surface area contributed by atoms with Gasteiger partial charge in [0, 0.05) is 12.1 Å². The monoisotopic (exact) mass is 199 g/mol. The van der Waals surface area contributed by atoms with Gasteiger partial charge in [-0.2, -0.15) is 0 Å². The fourth-order valence-corrected chi connectivity index (χ4v) is 1.23. The Morgan fingerprint density at radius 3 is 2.71 bits per heavy atom. The van der Waals surface area contributed by atoms with Crippen molar-refractivity contribution in [1.29, 1.82) is 0 Å².